The lowest BCUT2D eigenvalue weighted by Gasteiger charge is -2.06. The van der Waals surface area contributed by atoms with Crippen LogP contribution in [-0.4, -0.2) is 15.0 Å². The van der Waals surface area contributed by atoms with E-state index in [4.69, 9.17) is 0 Å². The van der Waals surface area contributed by atoms with E-state index >= 15 is 0 Å². The van der Waals surface area contributed by atoms with Gasteiger partial charge in [-0.15, -0.1) is 5.10 Å². The van der Waals surface area contributed by atoms with Gasteiger partial charge in [-0.1, -0.05) is 30.3 Å². The van der Waals surface area contributed by atoms with Crippen LogP contribution in [0.2, 0.25) is 0 Å². The predicted molar refractivity (Wildman–Crippen MR) is 55.5 cm³/mol. The Morgan fingerprint density at radius 3 is 2.79 bits per heavy atom. The van der Waals surface area contributed by atoms with Crippen LogP contribution < -0.4 is 0 Å². The van der Waals surface area contributed by atoms with Gasteiger partial charge in [0.25, 0.3) is 0 Å². The lowest BCUT2D eigenvalue weighted by Crippen LogP contribution is -2.03. The van der Waals surface area contributed by atoms with Gasteiger partial charge in [-0.25, -0.2) is 4.68 Å². The van der Waals surface area contributed by atoms with Gasteiger partial charge in [-0.3, -0.25) is 0 Å². The standard InChI is InChI=1S/C11H13N3/c1-3-10-8-12-13-14(10)11-7-5-4-6-9(11)2/h4-8H,3H2,1-2H3. The lowest BCUT2D eigenvalue weighted by atomic mass is 10.2. The summed E-state index contributed by atoms with van der Waals surface area (Å²) in [5.41, 5.74) is 3.47. The molecule has 0 bridgehead atoms. The van der Waals surface area contributed by atoms with Crippen LogP contribution in [0.25, 0.3) is 5.69 Å². The molecule has 0 saturated carbocycles. The van der Waals surface area contributed by atoms with Crippen LogP contribution in [0.1, 0.15) is 18.2 Å². The number of rotatable bonds is 2. The van der Waals surface area contributed by atoms with Crippen LogP contribution >= 0.6 is 0 Å². The second kappa shape index (κ2) is 3.62. The van der Waals surface area contributed by atoms with E-state index in [9.17, 15) is 0 Å². The van der Waals surface area contributed by atoms with E-state index in [1.807, 2.05) is 23.0 Å². The van der Waals surface area contributed by atoms with E-state index in [1.165, 1.54) is 5.56 Å². The first kappa shape index (κ1) is 8.94. The molecule has 0 spiro atoms. The van der Waals surface area contributed by atoms with Crippen molar-refractivity contribution in [1.29, 1.82) is 0 Å². The van der Waals surface area contributed by atoms with E-state index in [0.29, 0.717) is 0 Å². The number of benzene rings is 1. The van der Waals surface area contributed by atoms with Gasteiger partial charge >= 0.3 is 0 Å². The Bertz CT molecular complexity index is 432. The molecule has 0 fully saturated rings. The summed E-state index contributed by atoms with van der Waals surface area (Å²) in [5.74, 6) is 0. The smallest absolute Gasteiger partial charge is 0.0729 e. The molecule has 0 aliphatic heterocycles. The van der Waals surface area contributed by atoms with Gasteiger partial charge in [-0.2, -0.15) is 0 Å². The normalized spacial score (nSPS) is 10.4. The first-order valence-corrected chi connectivity index (χ1v) is 4.78. The number of nitrogens with zero attached hydrogens (tertiary/aromatic N) is 3. The highest BCUT2D eigenvalue weighted by Crippen LogP contribution is 2.13. The summed E-state index contributed by atoms with van der Waals surface area (Å²) >= 11 is 0. The zero-order valence-electron chi connectivity index (χ0n) is 8.44. The van der Waals surface area contributed by atoms with E-state index in [2.05, 4.69) is 36.3 Å². The van der Waals surface area contributed by atoms with Crippen molar-refractivity contribution in [2.45, 2.75) is 20.3 Å². The largest absolute Gasteiger partial charge is 0.217 e. The van der Waals surface area contributed by atoms with Crippen molar-refractivity contribution in [1.82, 2.24) is 15.0 Å². The Morgan fingerprint density at radius 2 is 2.07 bits per heavy atom. The van der Waals surface area contributed by atoms with Gasteiger partial charge in [-0.05, 0) is 25.0 Å². The summed E-state index contributed by atoms with van der Waals surface area (Å²) in [4.78, 5) is 0. The topological polar surface area (TPSA) is 30.7 Å². The zero-order valence-corrected chi connectivity index (χ0v) is 8.44. The van der Waals surface area contributed by atoms with E-state index in [1.54, 1.807) is 0 Å². The minimum atomic E-state index is 0.946. The Hall–Kier alpha value is -1.64. The molecule has 0 amide bonds. The highest BCUT2D eigenvalue weighted by Gasteiger charge is 2.05. The van der Waals surface area contributed by atoms with Gasteiger partial charge in [0, 0.05) is 0 Å². The molecule has 2 aromatic rings. The van der Waals surface area contributed by atoms with E-state index in [-0.39, 0.29) is 0 Å². The fraction of sp³-hybridized carbons (Fsp3) is 0.273. The monoisotopic (exact) mass is 187 g/mol. The molecule has 0 N–H and O–H groups in total. The molecule has 2 rings (SSSR count). The third kappa shape index (κ3) is 1.41. The molecule has 1 heterocycles. The zero-order chi connectivity index (χ0) is 9.97. The average molecular weight is 187 g/mol. The summed E-state index contributed by atoms with van der Waals surface area (Å²) in [5, 5.41) is 8.01. The van der Waals surface area contributed by atoms with Gasteiger partial charge in [0.1, 0.15) is 0 Å². The molecule has 0 aliphatic rings. The van der Waals surface area contributed by atoms with Crippen LogP contribution in [0.5, 0.6) is 0 Å². The van der Waals surface area contributed by atoms with E-state index < -0.39 is 0 Å². The fourth-order valence-corrected chi connectivity index (χ4v) is 1.50. The fourth-order valence-electron chi connectivity index (χ4n) is 1.50. The molecule has 14 heavy (non-hydrogen) atoms. The van der Waals surface area contributed by atoms with Crippen molar-refractivity contribution >= 4 is 0 Å². The van der Waals surface area contributed by atoms with Gasteiger partial charge in [0.05, 0.1) is 17.6 Å². The number of aromatic nitrogens is 3. The predicted octanol–water partition coefficient (Wildman–Crippen LogP) is 2.14. The Morgan fingerprint density at radius 1 is 1.29 bits per heavy atom. The Balaban J connectivity index is 2.54. The van der Waals surface area contributed by atoms with Crippen LogP contribution in [0.3, 0.4) is 0 Å². The summed E-state index contributed by atoms with van der Waals surface area (Å²) in [6, 6.07) is 8.18. The third-order valence-electron chi connectivity index (χ3n) is 2.33. The SMILES string of the molecule is CCc1cnnn1-c1ccccc1C. The van der Waals surface area contributed by atoms with Crippen molar-refractivity contribution in [2.75, 3.05) is 0 Å². The maximum atomic E-state index is 4.08. The number of hydrogen-bond acceptors (Lipinski definition) is 2. The quantitative estimate of drug-likeness (QED) is 0.721. The van der Waals surface area contributed by atoms with Gasteiger partial charge in [0.2, 0.25) is 0 Å². The second-order valence-electron chi connectivity index (χ2n) is 3.28. The van der Waals surface area contributed by atoms with Crippen molar-refractivity contribution in [3.05, 3.63) is 41.7 Å². The molecule has 0 atom stereocenters. The van der Waals surface area contributed by atoms with Crippen molar-refractivity contribution in [3.63, 3.8) is 0 Å². The van der Waals surface area contributed by atoms with Crippen molar-refractivity contribution in [2.24, 2.45) is 0 Å². The lowest BCUT2D eigenvalue weighted by molar-refractivity contribution is 0.763. The molecule has 0 unspecified atom stereocenters. The highest BCUT2D eigenvalue weighted by atomic mass is 15.4. The number of para-hydroxylation sites is 1. The average Bonchev–Trinajstić information content (AvgIpc) is 2.66. The van der Waals surface area contributed by atoms with Gasteiger partial charge < -0.3 is 0 Å². The molecule has 0 radical (unpaired) electrons. The first-order chi connectivity index (χ1) is 6.83. The van der Waals surface area contributed by atoms with Crippen LogP contribution in [0.4, 0.5) is 0 Å². The van der Waals surface area contributed by atoms with Crippen LogP contribution in [0, 0.1) is 6.92 Å². The van der Waals surface area contributed by atoms with E-state index in [0.717, 1.165) is 17.8 Å². The molecule has 1 aromatic carbocycles. The molecule has 3 nitrogen and oxygen atoms in total. The second-order valence-corrected chi connectivity index (χ2v) is 3.28. The highest BCUT2D eigenvalue weighted by molar-refractivity contribution is 5.39. The van der Waals surface area contributed by atoms with Gasteiger partial charge in [0.15, 0.2) is 0 Å². The number of hydrogen-bond donors (Lipinski definition) is 0. The molecular formula is C11H13N3. The number of aryl methyl sites for hydroxylation is 2. The summed E-state index contributed by atoms with van der Waals surface area (Å²) in [6.07, 6.45) is 2.76. The molecular weight excluding hydrogens is 174 g/mol. The Kier molecular flexibility index (Phi) is 2.31. The molecule has 0 saturated heterocycles. The summed E-state index contributed by atoms with van der Waals surface area (Å²) in [6.45, 7) is 4.18. The molecule has 72 valence electrons. The molecule has 3 heteroatoms. The maximum Gasteiger partial charge on any atom is 0.0729 e. The first-order valence-electron chi connectivity index (χ1n) is 4.78. The summed E-state index contributed by atoms with van der Waals surface area (Å²) < 4.78 is 1.90. The minimum Gasteiger partial charge on any atom is -0.217 e. The molecule has 1 aromatic heterocycles. The van der Waals surface area contributed by atoms with Crippen LogP contribution in [0.15, 0.2) is 30.5 Å². The minimum absolute atomic E-state index is 0.946. The Labute approximate surface area is 83.4 Å². The molecule has 0 aliphatic carbocycles. The van der Waals surface area contributed by atoms with Crippen molar-refractivity contribution < 1.29 is 0 Å². The summed E-state index contributed by atoms with van der Waals surface area (Å²) in [7, 11) is 0. The third-order valence-corrected chi connectivity index (χ3v) is 2.33. The van der Waals surface area contributed by atoms with Crippen molar-refractivity contribution in [3.8, 4) is 5.69 Å². The maximum absolute atomic E-state index is 4.08. The van der Waals surface area contributed by atoms with Crippen LogP contribution in [-0.2, 0) is 6.42 Å².